The molecule has 2 aromatic heterocycles. The van der Waals surface area contributed by atoms with E-state index < -0.39 is 5.41 Å². The molecule has 0 radical (unpaired) electrons. The van der Waals surface area contributed by atoms with Gasteiger partial charge < -0.3 is 19.1 Å². The first-order valence-electron chi connectivity index (χ1n) is 10.9. The molecule has 2 amide bonds. The van der Waals surface area contributed by atoms with Crippen molar-refractivity contribution in [2.24, 2.45) is 5.41 Å². The number of aryl methyl sites for hydroxylation is 1. The molecule has 0 aromatic carbocycles. The number of rotatable bonds is 7. The van der Waals surface area contributed by atoms with Gasteiger partial charge in [-0.25, -0.2) is 9.97 Å². The van der Waals surface area contributed by atoms with E-state index in [1.807, 2.05) is 36.7 Å². The van der Waals surface area contributed by atoms with E-state index in [0.29, 0.717) is 39.2 Å². The molecule has 0 unspecified atom stereocenters. The van der Waals surface area contributed by atoms with Gasteiger partial charge in [0.1, 0.15) is 6.61 Å². The Morgan fingerprint density at radius 3 is 2.87 bits per heavy atom. The molecular weight excluding hydrogens is 414 g/mol. The first-order valence-corrected chi connectivity index (χ1v) is 11.8. The molecular formula is C22H31N5O3S. The highest BCUT2D eigenvalue weighted by atomic mass is 32.1. The summed E-state index contributed by atoms with van der Waals surface area (Å²) >= 11 is 1.60. The lowest BCUT2D eigenvalue weighted by Gasteiger charge is -2.27. The van der Waals surface area contributed by atoms with E-state index in [1.54, 1.807) is 16.2 Å². The fourth-order valence-corrected chi connectivity index (χ4v) is 5.33. The first-order chi connectivity index (χ1) is 14.8. The monoisotopic (exact) mass is 445 g/mol. The van der Waals surface area contributed by atoms with Crippen molar-refractivity contribution in [3.63, 3.8) is 0 Å². The fraction of sp³-hybridized carbons (Fsp3) is 0.636. The maximum absolute atomic E-state index is 13.7. The molecule has 4 rings (SSSR count). The summed E-state index contributed by atoms with van der Waals surface area (Å²) in [5.41, 5.74) is 1.18. The van der Waals surface area contributed by atoms with Gasteiger partial charge in [-0.1, -0.05) is 0 Å². The Hall–Kier alpha value is -2.26. The molecule has 168 valence electrons. The molecule has 2 aliphatic heterocycles. The minimum absolute atomic E-state index is 0.0513. The summed E-state index contributed by atoms with van der Waals surface area (Å²) in [6.45, 7) is 10.7. The zero-order valence-electron chi connectivity index (χ0n) is 18.7. The number of thiazole rings is 1. The van der Waals surface area contributed by atoms with E-state index in [2.05, 4.69) is 28.4 Å². The maximum Gasteiger partial charge on any atom is 0.248 e. The number of aromatic nitrogens is 3. The molecule has 2 atom stereocenters. The smallest absolute Gasteiger partial charge is 0.248 e. The molecule has 0 bridgehead atoms. The van der Waals surface area contributed by atoms with Gasteiger partial charge in [0, 0.05) is 49.8 Å². The molecule has 1 spiro atoms. The molecule has 4 heterocycles. The summed E-state index contributed by atoms with van der Waals surface area (Å²) in [5, 5.41) is 3.02. The van der Waals surface area contributed by atoms with Gasteiger partial charge in [-0.15, -0.1) is 11.3 Å². The molecule has 2 aliphatic rings. The van der Waals surface area contributed by atoms with Gasteiger partial charge in [-0.05, 0) is 34.1 Å². The molecule has 2 fully saturated rings. The van der Waals surface area contributed by atoms with Crippen molar-refractivity contribution in [3.8, 4) is 0 Å². The van der Waals surface area contributed by atoms with Crippen LogP contribution in [0.3, 0.4) is 0 Å². The van der Waals surface area contributed by atoms with Crippen molar-refractivity contribution in [1.29, 1.82) is 0 Å². The van der Waals surface area contributed by atoms with Gasteiger partial charge in [0.05, 0.1) is 34.7 Å². The van der Waals surface area contributed by atoms with Crippen LogP contribution in [0.1, 0.15) is 55.5 Å². The lowest BCUT2D eigenvalue weighted by molar-refractivity contribution is -0.138. The largest absolute Gasteiger partial charge is 0.372 e. The molecule has 9 heteroatoms. The third-order valence-electron chi connectivity index (χ3n) is 6.46. The van der Waals surface area contributed by atoms with Crippen LogP contribution in [0.2, 0.25) is 0 Å². The topological polar surface area (TPSA) is 80.6 Å². The SMILES string of the molecule is CCOCC(=O)N1C[C@H](c2cn(C(C)C)cn2)[C@]2(CCN(Cc3csc(C)n3)C2=O)C1. The number of nitrogens with zero attached hydrogens (tertiary/aromatic N) is 5. The van der Waals surface area contributed by atoms with Gasteiger partial charge >= 0.3 is 0 Å². The normalized spacial score (nSPS) is 23.6. The second kappa shape index (κ2) is 8.70. The van der Waals surface area contributed by atoms with Crippen LogP contribution in [-0.2, 0) is 20.9 Å². The molecule has 0 saturated carbocycles. The quantitative estimate of drug-likeness (QED) is 0.654. The molecule has 2 aromatic rings. The average Bonchev–Trinajstić information content (AvgIpc) is 3.51. The van der Waals surface area contributed by atoms with E-state index in [-0.39, 0.29) is 30.4 Å². The molecule has 0 N–H and O–H groups in total. The highest BCUT2D eigenvalue weighted by Gasteiger charge is 2.58. The Morgan fingerprint density at radius 1 is 1.42 bits per heavy atom. The minimum Gasteiger partial charge on any atom is -0.372 e. The zero-order valence-corrected chi connectivity index (χ0v) is 19.5. The van der Waals surface area contributed by atoms with Crippen molar-refractivity contribution in [2.75, 3.05) is 32.8 Å². The van der Waals surface area contributed by atoms with Crippen molar-refractivity contribution in [3.05, 3.63) is 34.3 Å². The second-order valence-corrected chi connectivity index (χ2v) is 9.86. The lowest BCUT2D eigenvalue weighted by atomic mass is 9.75. The van der Waals surface area contributed by atoms with Gasteiger partial charge in [0.2, 0.25) is 11.8 Å². The number of amides is 2. The van der Waals surface area contributed by atoms with Crippen LogP contribution in [-0.4, -0.2) is 69.0 Å². The highest BCUT2D eigenvalue weighted by molar-refractivity contribution is 7.09. The van der Waals surface area contributed by atoms with Crippen molar-refractivity contribution < 1.29 is 14.3 Å². The predicted octanol–water partition coefficient (Wildman–Crippen LogP) is 2.61. The van der Waals surface area contributed by atoms with Crippen LogP contribution in [0.5, 0.6) is 0 Å². The first kappa shape index (κ1) is 22.0. The van der Waals surface area contributed by atoms with Gasteiger partial charge in [-0.2, -0.15) is 0 Å². The maximum atomic E-state index is 13.7. The van der Waals surface area contributed by atoms with Crippen LogP contribution in [0.15, 0.2) is 17.9 Å². The van der Waals surface area contributed by atoms with E-state index in [4.69, 9.17) is 4.74 Å². The Balaban J connectivity index is 1.61. The summed E-state index contributed by atoms with van der Waals surface area (Å²) in [7, 11) is 0. The van der Waals surface area contributed by atoms with E-state index in [1.165, 1.54) is 0 Å². The third kappa shape index (κ3) is 4.13. The van der Waals surface area contributed by atoms with Crippen LogP contribution < -0.4 is 0 Å². The summed E-state index contributed by atoms with van der Waals surface area (Å²) in [5.74, 6) is -0.0740. The van der Waals surface area contributed by atoms with Gasteiger partial charge in [0.15, 0.2) is 0 Å². The van der Waals surface area contributed by atoms with E-state index in [0.717, 1.165) is 16.4 Å². The highest BCUT2D eigenvalue weighted by Crippen LogP contribution is 2.50. The number of ether oxygens (including phenoxy) is 1. The minimum atomic E-state index is -0.636. The second-order valence-electron chi connectivity index (χ2n) is 8.79. The van der Waals surface area contributed by atoms with E-state index >= 15 is 0 Å². The van der Waals surface area contributed by atoms with Crippen LogP contribution in [0.25, 0.3) is 0 Å². The van der Waals surface area contributed by atoms with Crippen molar-refractivity contribution in [1.82, 2.24) is 24.3 Å². The van der Waals surface area contributed by atoms with E-state index in [9.17, 15) is 9.59 Å². The zero-order chi connectivity index (χ0) is 22.2. The summed E-state index contributed by atoms with van der Waals surface area (Å²) < 4.78 is 7.41. The fourth-order valence-electron chi connectivity index (χ4n) is 4.73. The number of carbonyl (C=O) groups is 2. The number of carbonyl (C=O) groups excluding carboxylic acids is 2. The van der Waals surface area contributed by atoms with Crippen LogP contribution >= 0.6 is 11.3 Å². The standard InChI is InChI=1S/C22H31N5O3S/c1-5-30-11-20(28)26-9-18(19-10-27(14-23-19)15(2)3)22(13-26)6-7-25(21(22)29)8-17-12-31-16(4)24-17/h10,12,14-15,18H,5-9,11,13H2,1-4H3/t18-,22+/m1/s1. The Kier molecular flexibility index (Phi) is 6.16. The Labute approximate surface area is 187 Å². The molecule has 8 nitrogen and oxygen atoms in total. The average molecular weight is 446 g/mol. The summed E-state index contributed by atoms with van der Waals surface area (Å²) in [6, 6.07) is 0.290. The van der Waals surface area contributed by atoms with Gasteiger partial charge in [0.25, 0.3) is 0 Å². The molecule has 31 heavy (non-hydrogen) atoms. The molecule has 2 saturated heterocycles. The van der Waals surface area contributed by atoms with Crippen LogP contribution in [0.4, 0.5) is 0 Å². The summed E-state index contributed by atoms with van der Waals surface area (Å²) in [6.07, 6.45) is 4.58. The van der Waals surface area contributed by atoms with Crippen molar-refractivity contribution >= 4 is 23.2 Å². The predicted molar refractivity (Wildman–Crippen MR) is 118 cm³/mol. The van der Waals surface area contributed by atoms with Crippen molar-refractivity contribution in [2.45, 2.75) is 52.6 Å². The number of hydrogen-bond donors (Lipinski definition) is 0. The number of hydrogen-bond acceptors (Lipinski definition) is 6. The summed E-state index contributed by atoms with van der Waals surface area (Å²) in [4.78, 5) is 39.4. The number of imidazole rings is 1. The molecule has 0 aliphatic carbocycles. The van der Waals surface area contributed by atoms with Gasteiger partial charge in [-0.3, -0.25) is 9.59 Å². The lowest BCUT2D eigenvalue weighted by Crippen LogP contribution is -2.40. The number of likely N-dealkylation sites (tertiary alicyclic amines) is 2. The Morgan fingerprint density at radius 2 is 2.23 bits per heavy atom. The third-order valence-corrected chi connectivity index (χ3v) is 7.28. The van der Waals surface area contributed by atoms with Crippen LogP contribution in [0, 0.1) is 12.3 Å². The Bertz CT molecular complexity index is 955.